The van der Waals surface area contributed by atoms with Crippen LogP contribution in [0.25, 0.3) is 0 Å². The van der Waals surface area contributed by atoms with Gasteiger partial charge in [0, 0.05) is 19.2 Å². The van der Waals surface area contributed by atoms with Gasteiger partial charge in [0.25, 0.3) is 0 Å². The van der Waals surface area contributed by atoms with Gasteiger partial charge in [-0.1, -0.05) is 20.8 Å². The van der Waals surface area contributed by atoms with Gasteiger partial charge in [0.2, 0.25) is 0 Å². The van der Waals surface area contributed by atoms with Crippen LogP contribution in [0.5, 0.6) is 5.75 Å². The van der Waals surface area contributed by atoms with Crippen LogP contribution in [-0.4, -0.2) is 37.7 Å². The van der Waals surface area contributed by atoms with E-state index in [2.05, 4.69) is 31.0 Å². The van der Waals surface area contributed by atoms with Crippen LogP contribution in [-0.2, 0) is 0 Å². The molecular formula is C16H29N3O. The summed E-state index contributed by atoms with van der Waals surface area (Å²) in [6.07, 6.45) is 2.12. The summed E-state index contributed by atoms with van der Waals surface area (Å²) >= 11 is 0. The quantitative estimate of drug-likeness (QED) is 0.510. The van der Waals surface area contributed by atoms with Gasteiger partial charge in [-0.15, -0.1) is 0 Å². The molecule has 3 N–H and O–H groups in total. The Morgan fingerprint density at radius 3 is 2.60 bits per heavy atom. The maximum absolute atomic E-state index is 5.94. The summed E-state index contributed by atoms with van der Waals surface area (Å²) in [5, 5.41) is 3.32. The van der Waals surface area contributed by atoms with Gasteiger partial charge in [0.05, 0.1) is 18.0 Å². The zero-order valence-electron chi connectivity index (χ0n) is 13.1. The molecule has 0 saturated carbocycles. The third-order valence-electron chi connectivity index (χ3n) is 3.37. The Bertz CT molecular complexity index is 378. The van der Waals surface area contributed by atoms with Crippen molar-refractivity contribution in [2.45, 2.75) is 33.6 Å². The molecule has 0 fully saturated rings. The zero-order chi connectivity index (χ0) is 14.8. The number of benzene rings is 1. The summed E-state index contributed by atoms with van der Waals surface area (Å²) < 4.78 is 5.80. The Kier molecular flexibility index (Phi) is 7.88. The highest BCUT2D eigenvalue weighted by Crippen LogP contribution is 2.24. The Labute approximate surface area is 123 Å². The molecule has 0 aliphatic carbocycles. The first-order valence-electron chi connectivity index (χ1n) is 7.69. The van der Waals surface area contributed by atoms with Crippen molar-refractivity contribution in [1.29, 1.82) is 0 Å². The molecule has 20 heavy (non-hydrogen) atoms. The lowest BCUT2D eigenvalue weighted by Crippen LogP contribution is -2.25. The van der Waals surface area contributed by atoms with Gasteiger partial charge in [-0.3, -0.25) is 0 Å². The number of hydrogen-bond donors (Lipinski definition) is 2. The Morgan fingerprint density at radius 1 is 1.20 bits per heavy atom. The normalized spacial score (nSPS) is 10.8. The van der Waals surface area contributed by atoms with Crippen molar-refractivity contribution in [1.82, 2.24) is 4.90 Å². The molecule has 0 aliphatic heterocycles. The molecule has 0 atom stereocenters. The predicted molar refractivity (Wildman–Crippen MR) is 87.5 cm³/mol. The largest absolute Gasteiger partial charge is 0.493 e. The molecule has 0 saturated heterocycles. The van der Waals surface area contributed by atoms with E-state index in [1.165, 1.54) is 0 Å². The number of nitrogen functional groups attached to an aromatic ring is 1. The first kappa shape index (κ1) is 16.6. The first-order valence-corrected chi connectivity index (χ1v) is 7.69. The topological polar surface area (TPSA) is 50.5 Å². The van der Waals surface area contributed by atoms with Gasteiger partial charge in [-0.2, -0.15) is 0 Å². The third-order valence-corrected chi connectivity index (χ3v) is 3.37. The van der Waals surface area contributed by atoms with Crippen LogP contribution in [0, 0.1) is 0 Å². The second kappa shape index (κ2) is 9.48. The summed E-state index contributed by atoms with van der Waals surface area (Å²) in [6.45, 7) is 11.5. The highest BCUT2D eigenvalue weighted by atomic mass is 16.5. The fourth-order valence-electron chi connectivity index (χ4n) is 2.06. The maximum atomic E-state index is 5.94. The van der Waals surface area contributed by atoms with Gasteiger partial charge in [-0.25, -0.2) is 0 Å². The van der Waals surface area contributed by atoms with E-state index in [0.29, 0.717) is 0 Å². The fourth-order valence-corrected chi connectivity index (χ4v) is 2.06. The van der Waals surface area contributed by atoms with Crippen molar-refractivity contribution in [3.63, 3.8) is 0 Å². The van der Waals surface area contributed by atoms with Crippen LogP contribution < -0.4 is 15.8 Å². The molecule has 1 aromatic rings. The minimum Gasteiger partial charge on any atom is -0.493 e. The number of anilines is 2. The van der Waals surface area contributed by atoms with E-state index in [4.69, 9.17) is 10.5 Å². The molecule has 0 radical (unpaired) electrons. The van der Waals surface area contributed by atoms with Gasteiger partial charge in [0.15, 0.2) is 0 Å². The Balaban J connectivity index is 2.40. The second-order valence-electron chi connectivity index (χ2n) is 4.90. The number of nitrogens with two attached hydrogens (primary N) is 1. The number of nitrogens with one attached hydrogen (secondary N) is 1. The average Bonchev–Trinajstić information content (AvgIpc) is 2.47. The molecule has 0 heterocycles. The molecule has 114 valence electrons. The van der Waals surface area contributed by atoms with Crippen molar-refractivity contribution in [2.75, 3.05) is 43.8 Å². The number of nitrogens with zero attached hydrogens (tertiary/aromatic N) is 1. The first-order chi connectivity index (χ1) is 9.71. The average molecular weight is 279 g/mol. The van der Waals surface area contributed by atoms with E-state index in [0.717, 1.165) is 62.8 Å². The molecule has 1 rings (SSSR count). The minimum atomic E-state index is 0.744. The van der Waals surface area contributed by atoms with Crippen molar-refractivity contribution >= 4 is 11.4 Å². The summed E-state index contributed by atoms with van der Waals surface area (Å²) in [5.74, 6) is 0.886. The van der Waals surface area contributed by atoms with Crippen molar-refractivity contribution in [2.24, 2.45) is 0 Å². The highest BCUT2D eigenvalue weighted by Gasteiger charge is 2.02. The smallest absolute Gasteiger partial charge is 0.121 e. The van der Waals surface area contributed by atoms with Gasteiger partial charge < -0.3 is 20.7 Å². The number of hydrogen-bond acceptors (Lipinski definition) is 4. The highest BCUT2D eigenvalue weighted by molar-refractivity contribution is 5.68. The SMILES string of the molecule is CCCNc1cc(OCCCN(CC)CC)ccc1N. The molecule has 0 amide bonds. The van der Waals surface area contributed by atoms with Crippen LogP contribution in [0.2, 0.25) is 0 Å². The van der Waals surface area contributed by atoms with Crippen LogP contribution in [0.15, 0.2) is 18.2 Å². The van der Waals surface area contributed by atoms with Gasteiger partial charge >= 0.3 is 0 Å². The molecule has 0 spiro atoms. The fraction of sp³-hybridized carbons (Fsp3) is 0.625. The molecule has 4 heteroatoms. The van der Waals surface area contributed by atoms with E-state index in [1.807, 2.05) is 18.2 Å². The van der Waals surface area contributed by atoms with E-state index in [9.17, 15) is 0 Å². The lowest BCUT2D eigenvalue weighted by molar-refractivity contribution is 0.249. The van der Waals surface area contributed by atoms with Crippen LogP contribution in [0.1, 0.15) is 33.6 Å². The van der Waals surface area contributed by atoms with Crippen LogP contribution in [0.4, 0.5) is 11.4 Å². The minimum absolute atomic E-state index is 0.744. The monoisotopic (exact) mass is 279 g/mol. The standard InChI is InChI=1S/C16H29N3O/c1-4-10-18-16-13-14(8-9-15(16)17)20-12-7-11-19(5-2)6-3/h8-9,13,18H,4-7,10-12,17H2,1-3H3. The lowest BCUT2D eigenvalue weighted by Gasteiger charge is -2.18. The van der Waals surface area contributed by atoms with Crippen molar-refractivity contribution < 1.29 is 4.74 Å². The van der Waals surface area contributed by atoms with Crippen molar-refractivity contribution in [3.8, 4) is 5.75 Å². The van der Waals surface area contributed by atoms with E-state index in [-0.39, 0.29) is 0 Å². The van der Waals surface area contributed by atoms with Crippen molar-refractivity contribution in [3.05, 3.63) is 18.2 Å². The summed E-state index contributed by atoms with van der Waals surface area (Å²) in [7, 11) is 0. The van der Waals surface area contributed by atoms with Gasteiger partial charge in [0.1, 0.15) is 5.75 Å². The summed E-state index contributed by atoms with van der Waals surface area (Å²) in [4.78, 5) is 2.40. The molecule has 0 aliphatic rings. The molecule has 0 aromatic heterocycles. The van der Waals surface area contributed by atoms with Crippen LogP contribution in [0.3, 0.4) is 0 Å². The van der Waals surface area contributed by atoms with Gasteiger partial charge in [-0.05, 0) is 38.1 Å². The Hall–Kier alpha value is -1.42. The maximum Gasteiger partial charge on any atom is 0.121 e. The second-order valence-corrected chi connectivity index (χ2v) is 4.90. The molecule has 0 bridgehead atoms. The molecule has 1 aromatic carbocycles. The number of ether oxygens (including phenoxy) is 1. The third kappa shape index (κ3) is 5.70. The summed E-state index contributed by atoms with van der Waals surface area (Å²) in [6, 6.07) is 5.82. The summed E-state index contributed by atoms with van der Waals surface area (Å²) in [5.41, 5.74) is 7.67. The predicted octanol–water partition coefficient (Wildman–Crippen LogP) is 3.20. The van der Waals surface area contributed by atoms with E-state index < -0.39 is 0 Å². The molecule has 0 unspecified atom stereocenters. The van der Waals surface area contributed by atoms with E-state index in [1.54, 1.807) is 0 Å². The van der Waals surface area contributed by atoms with Crippen LogP contribution >= 0.6 is 0 Å². The van der Waals surface area contributed by atoms with E-state index >= 15 is 0 Å². The molecule has 4 nitrogen and oxygen atoms in total. The lowest BCUT2D eigenvalue weighted by atomic mass is 10.2. The molecular weight excluding hydrogens is 250 g/mol. The number of rotatable bonds is 10. The Morgan fingerprint density at radius 2 is 1.95 bits per heavy atom. The zero-order valence-corrected chi connectivity index (χ0v) is 13.1.